The van der Waals surface area contributed by atoms with Crippen LogP contribution in [0, 0.1) is 5.41 Å². The molecule has 1 aliphatic rings. The van der Waals surface area contributed by atoms with Crippen LogP contribution in [0.15, 0.2) is 70.8 Å². The summed E-state index contributed by atoms with van der Waals surface area (Å²) in [6.45, 7) is 5.97. The first-order valence-electron chi connectivity index (χ1n) is 9.39. The SMILES string of the molecule is Br.CC1(C)CN=C(NN=C(C=Cc2ccc(Cl)cc2)C=Cc2ccc(Cl)cc2)NC1. The molecule has 0 radical (unpaired) electrons. The summed E-state index contributed by atoms with van der Waals surface area (Å²) in [6, 6.07) is 15.3. The van der Waals surface area contributed by atoms with Gasteiger partial charge in [-0.25, -0.2) is 5.43 Å². The van der Waals surface area contributed by atoms with Gasteiger partial charge in [-0.3, -0.25) is 4.99 Å². The normalized spacial score (nSPS) is 15.3. The van der Waals surface area contributed by atoms with Crippen LogP contribution >= 0.6 is 40.2 Å². The van der Waals surface area contributed by atoms with Crippen LogP contribution in [-0.4, -0.2) is 24.8 Å². The molecule has 0 saturated heterocycles. The maximum Gasteiger partial charge on any atom is 0.212 e. The first kappa shape index (κ1) is 24.2. The average molecular weight is 508 g/mol. The zero-order valence-corrected chi connectivity index (χ0v) is 20.1. The zero-order valence-electron chi connectivity index (χ0n) is 16.9. The number of guanidine groups is 1. The Labute approximate surface area is 198 Å². The number of hydrogen-bond donors (Lipinski definition) is 2. The zero-order chi connectivity index (χ0) is 20.7. The Morgan fingerprint density at radius 1 is 0.967 bits per heavy atom. The van der Waals surface area contributed by atoms with E-state index in [4.69, 9.17) is 23.2 Å². The van der Waals surface area contributed by atoms with Crippen LogP contribution in [-0.2, 0) is 0 Å². The molecule has 158 valence electrons. The van der Waals surface area contributed by atoms with Gasteiger partial charge in [0.15, 0.2) is 0 Å². The summed E-state index contributed by atoms with van der Waals surface area (Å²) < 4.78 is 0. The minimum atomic E-state index is 0. The molecule has 0 aromatic heterocycles. The van der Waals surface area contributed by atoms with Crippen LogP contribution in [0.1, 0.15) is 25.0 Å². The minimum absolute atomic E-state index is 0. The van der Waals surface area contributed by atoms with E-state index in [9.17, 15) is 0 Å². The van der Waals surface area contributed by atoms with Crippen LogP contribution in [0.5, 0.6) is 0 Å². The number of benzene rings is 2. The summed E-state index contributed by atoms with van der Waals surface area (Å²) in [4.78, 5) is 4.52. The second-order valence-electron chi connectivity index (χ2n) is 7.60. The summed E-state index contributed by atoms with van der Waals surface area (Å²) in [5.74, 6) is 0.682. The summed E-state index contributed by atoms with van der Waals surface area (Å²) >= 11 is 11.9. The lowest BCUT2D eigenvalue weighted by Gasteiger charge is -2.28. The van der Waals surface area contributed by atoms with Gasteiger partial charge in [-0.15, -0.1) is 17.0 Å². The van der Waals surface area contributed by atoms with Crippen LogP contribution in [0.25, 0.3) is 12.2 Å². The van der Waals surface area contributed by atoms with E-state index in [1.807, 2.05) is 72.8 Å². The lowest BCUT2D eigenvalue weighted by molar-refractivity contribution is 0.358. The molecular weight excluding hydrogens is 483 g/mol. The number of halogens is 3. The summed E-state index contributed by atoms with van der Waals surface area (Å²) in [6.07, 6.45) is 7.86. The molecule has 0 aliphatic carbocycles. The van der Waals surface area contributed by atoms with E-state index >= 15 is 0 Å². The number of rotatable bonds is 5. The number of hydrazone groups is 1. The van der Waals surface area contributed by atoms with Crippen molar-refractivity contribution in [3.8, 4) is 0 Å². The van der Waals surface area contributed by atoms with Gasteiger partial charge in [-0.2, -0.15) is 5.10 Å². The minimum Gasteiger partial charge on any atom is -0.354 e. The summed E-state index contributed by atoms with van der Waals surface area (Å²) in [5.41, 5.74) is 6.02. The lowest BCUT2D eigenvalue weighted by atomic mass is 9.93. The van der Waals surface area contributed by atoms with Gasteiger partial charge < -0.3 is 5.32 Å². The van der Waals surface area contributed by atoms with Gasteiger partial charge >= 0.3 is 0 Å². The van der Waals surface area contributed by atoms with Gasteiger partial charge in [0.1, 0.15) is 0 Å². The van der Waals surface area contributed by atoms with Crippen molar-refractivity contribution in [1.82, 2.24) is 10.7 Å². The number of nitrogens with zero attached hydrogens (tertiary/aromatic N) is 2. The van der Waals surface area contributed by atoms with E-state index < -0.39 is 0 Å². The third kappa shape index (κ3) is 7.98. The number of hydrogen-bond acceptors (Lipinski definition) is 4. The predicted octanol–water partition coefficient (Wildman–Crippen LogP) is 6.23. The van der Waals surface area contributed by atoms with Crippen molar-refractivity contribution in [3.63, 3.8) is 0 Å². The Balaban J connectivity index is 0.00000320. The van der Waals surface area contributed by atoms with Crippen molar-refractivity contribution in [3.05, 3.63) is 81.9 Å². The molecule has 0 amide bonds. The molecule has 2 aromatic rings. The third-order valence-electron chi connectivity index (χ3n) is 4.32. The standard InChI is InChI=1S/C23H24Cl2N4.BrH/c1-23(2)15-26-22(27-16-23)29-28-21(13-7-17-3-9-19(24)10-4-17)14-8-18-5-11-20(25)12-6-18;/h3-14H,15-16H2,1-2H3,(H2,26,27,29);1H. The first-order valence-corrected chi connectivity index (χ1v) is 10.1. The van der Waals surface area contributed by atoms with E-state index in [0.29, 0.717) is 16.0 Å². The Morgan fingerprint density at radius 3 is 1.90 bits per heavy atom. The molecule has 4 nitrogen and oxygen atoms in total. The highest BCUT2D eigenvalue weighted by molar-refractivity contribution is 8.93. The van der Waals surface area contributed by atoms with Gasteiger partial charge in [0.05, 0.1) is 5.71 Å². The fourth-order valence-corrected chi connectivity index (χ4v) is 2.81. The second kappa shape index (κ2) is 11.3. The van der Waals surface area contributed by atoms with Crippen molar-refractivity contribution in [1.29, 1.82) is 0 Å². The predicted molar refractivity (Wildman–Crippen MR) is 136 cm³/mol. The van der Waals surface area contributed by atoms with Crippen molar-refractivity contribution < 1.29 is 0 Å². The molecule has 0 fully saturated rings. The summed E-state index contributed by atoms with van der Waals surface area (Å²) in [7, 11) is 0. The molecule has 0 saturated carbocycles. The van der Waals surface area contributed by atoms with E-state index in [1.54, 1.807) is 0 Å². The fourth-order valence-electron chi connectivity index (χ4n) is 2.56. The van der Waals surface area contributed by atoms with E-state index in [-0.39, 0.29) is 22.4 Å². The number of nitrogens with one attached hydrogen (secondary N) is 2. The van der Waals surface area contributed by atoms with Gasteiger partial charge in [0.2, 0.25) is 5.96 Å². The molecule has 2 aromatic carbocycles. The number of aliphatic imine (C=N–C) groups is 1. The Hall–Kier alpha value is -2.08. The molecule has 7 heteroatoms. The second-order valence-corrected chi connectivity index (χ2v) is 8.47. The molecule has 0 atom stereocenters. The molecule has 2 N–H and O–H groups in total. The molecule has 30 heavy (non-hydrogen) atoms. The lowest BCUT2D eigenvalue weighted by Crippen LogP contribution is -2.46. The topological polar surface area (TPSA) is 48.8 Å². The third-order valence-corrected chi connectivity index (χ3v) is 4.83. The van der Waals surface area contributed by atoms with E-state index in [2.05, 4.69) is 34.7 Å². The van der Waals surface area contributed by atoms with Gasteiger partial charge in [-0.1, -0.05) is 73.5 Å². The largest absolute Gasteiger partial charge is 0.354 e. The van der Waals surface area contributed by atoms with E-state index in [0.717, 1.165) is 29.9 Å². The van der Waals surface area contributed by atoms with Gasteiger partial charge in [0, 0.05) is 28.5 Å². The highest BCUT2D eigenvalue weighted by Crippen LogP contribution is 2.16. The Kier molecular flexibility index (Phi) is 9.15. The first-order chi connectivity index (χ1) is 13.9. The highest BCUT2D eigenvalue weighted by atomic mass is 79.9. The van der Waals surface area contributed by atoms with Gasteiger partial charge in [0.25, 0.3) is 0 Å². The molecule has 3 rings (SSSR count). The molecule has 1 aliphatic heterocycles. The van der Waals surface area contributed by atoms with E-state index in [1.165, 1.54) is 0 Å². The van der Waals surface area contributed by atoms with Crippen LogP contribution in [0.3, 0.4) is 0 Å². The molecule has 0 spiro atoms. The molecule has 0 bridgehead atoms. The van der Waals surface area contributed by atoms with Crippen LogP contribution < -0.4 is 10.7 Å². The van der Waals surface area contributed by atoms with Crippen molar-refractivity contribution in [2.75, 3.05) is 13.1 Å². The maximum atomic E-state index is 5.96. The van der Waals surface area contributed by atoms with Crippen molar-refractivity contribution >= 4 is 64.0 Å². The van der Waals surface area contributed by atoms with Crippen LogP contribution in [0.2, 0.25) is 10.0 Å². The highest BCUT2D eigenvalue weighted by Gasteiger charge is 2.21. The van der Waals surface area contributed by atoms with Crippen molar-refractivity contribution in [2.24, 2.45) is 15.5 Å². The molecule has 0 unspecified atom stereocenters. The number of allylic oxidation sites excluding steroid dienone is 2. The van der Waals surface area contributed by atoms with Crippen molar-refractivity contribution in [2.45, 2.75) is 13.8 Å². The average Bonchev–Trinajstić information content (AvgIpc) is 2.71. The summed E-state index contributed by atoms with van der Waals surface area (Å²) in [5, 5.41) is 9.21. The Bertz CT molecular complexity index is 889. The fraction of sp³-hybridized carbons (Fsp3) is 0.217. The van der Waals surface area contributed by atoms with Crippen LogP contribution in [0.4, 0.5) is 0 Å². The molecule has 1 heterocycles. The Morgan fingerprint density at radius 2 is 1.47 bits per heavy atom. The monoisotopic (exact) mass is 506 g/mol. The van der Waals surface area contributed by atoms with Gasteiger partial charge in [-0.05, 0) is 47.5 Å². The quantitative estimate of drug-likeness (QED) is 0.372. The maximum absolute atomic E-state index is 5.96. The molecular formula is C23H25BrCl2N4. The smallest absolute Gasteiger partial charge is 0.212 e.